The molecule has 0 bridgehead atoms. The summed E-state index contributed by atoms with van der Waals surface area (Å²) in [6.45, 7) is 0.670. The maximum Gasteiger partial charge on any atom is 0.401 e. The molecular weight excluding hydrogens is 369 g/mol. The highest BCUT2D eigenvalue weighted by Crippen LogP contribution is 2.27. The Balaban J connectivity index is 1.72. The molecule has 2 rings (SSSR count). The molecule has 0 radical (unpaired) electrons. The molecule has 0 amide bonds. The molecule has 1 aliphatic heterocycles. The molecule has 0 aromatic heterocycles. The Hall–Kier alpha value is -1.67. The van der Waals surface area contributed by atoms with Crippen molar-refractivity contribution in [1.29, 1.82) is 0 Å². The van der Waals surface area contributed by atoms with Crippen molar-refractivity contribution in [3.8, 4) is 5.75 Å². The lowest BCUT2D eigenvalue weighted by Crippen LogP contribution is -2.40. The number of hydrogen-bond acceptors (Lipinski definition) is 3. The fourth-order valence-electron chi connectivity index (χ4n) is 2.99. The van der Waals surface area contributed by atoms with Gasteiger partial charge in [-0.1, -0.05) is 11.6 Å². The van der Waals surface area contributed by atoms with Crippen LogP contribution in [0.4, 0.5) is 18.9 Å². The normalized spacial score (nSPS) is 17.3. The number of methoxy groups -OCH3 is 1. The Bertz CT molecular complexity index is 617. The third-order valence-electron chi connectivity index (χ3n) is 4.35. The molecule has 0 aliphatic carbocycles. The number of hydrogen-bond donors (Lipinski definition) is 2. The quantitative estimate of drug-likeness (QED) is 0.572. The summed E-state index contributed by atoms with van der Waals surface area (Å²) in [5.74, 6) is 1.23. The van der Waals surface area contributed by atoms with E-state index in [9.17, 15) is 13.2 Å². The van der Waals surface area contributed by atoms with Gasteiger partial charge in [0, 0.05) is 12.2 Å². The molecule has 0 atom stereocenters. The number of nitrogens with zero attached hydrogens (tertiary/aromatic N) is 2. The Labute approximate surface area is 156 Å². The van der Waals surface area contributed by atoms with Crippen LogP contribution in [0.5, 0.6) is 5.75 Å². The van der Waals surface area contributed by atoms with Gasteiger partial charge in [0.2, 0.25) is 0 Å². The molecule has 1 aromatic rings. The first-order valence-electron chi connectivity index (χ1n) is 8.46. The summed E-state index contributed by atoms with van der Waals surface area (Å²) >= 11 is 6.05. The second-order valence-electron chi connectivity index (χ2n) is 6.36. The lowest BCUT2D eigenvalue weighted by Gasteiger charge is -2.32. The molecule has 9 heteroatoms. The minimum Gasteiger partial charge on any atom is -0.495 e. The van der Waals surface area contributed by atoms with Gasteiger partial charge >= 0.3 is 6.18 Å². The molecule has 5 nitrogen and oxygen atoms in total. The van der Waals surface area contributed by atoms with Crippen LogP contribution in [0.25, 0.3) is 0 Å². The van der Waals surface area contributed by atoms with Crippen molar-refractivity contribution in [1.82, 2.24) is 4.90 Å². The number of guanidine groups is 1. The van der Waals surface area contributed by atoms with Crippen LogP contribution in [0.3, 0.4) is 0 Å². The average molecular weight is 393 g/mol. The second kappa shape index (κ2) is 9.32. The number of piperidine rings is 1. The molecule has 3 N–H and O–H groups in total. The van der Waals surface area contributed by atoms with E-state index < -0.39 is 12.7 Å². The van der Waals surface area contributed by atoms with Gasteiger partial charge in [0.15, 0.2) is 5.96 Å². The Morgan fingerprint density at radius 2 is 2.08 bits per heavy atom. The van der Waals surface area contributed by atoms with Gasteiger partial charge in [-0.25, -0.2) is 0 Å². The second-order valence-corrected chi connectivity index (χ2v) is 6.77. The number of ether oxygens (including phenoxy) is 1. The van der Waals surface area contributed by atoms with Crippen molar-refractivity contribution in [2.24, 2.45) is 16.6 Å². The molecule has 1 saturated heterocycles. The number of aliphatic imine (C=N–C) groups is 1. The standard InChI is InChI=1S/C17H24ClF3N4O/c1-26-15-3-2-13(10-14(15)18)24-16(22)23-7-4-12-5-8-25(9-6-12)11-17(19,20)21/h2-3,10,12H,4-9,11H2,1H3,(H3,22,23,24). The van der Waals surface area contributed by atoms with Crippen molar-refractivity contribution < 1.29 is 17.9 Å². The summed E-state index contributed by atoms with van der Waals surface area (Å²) in [5.41, 5.74) is 6.57. The highest BCUT2D eigenvalue weighted by atomic mass is 35.5. The number of alkyl halides is 3. The van der Waals surface area contributed by atoms with Crippen LogP contribution < -0.4 is 15.8 Å². The van der Waals surface area contributed by atoms with Gasteiger partial charge in [0.25, 0.3) is 0 Å². The van der Waals surface area contributed by atoms with Gasteiger partial charge in [-0.15, -0.1) is 0 Å². The number of nitrogens with one attached hydrogen (secondary N) is 1. The van der Waals surface area contributed by atoms with E-state index in [0.717, 1.165) is 19.3 Å². The zero-order valence-electron chi connectivity index (χ0n) is 14.7. The SMILES string of the molecule is COc1ccc(NC(N)=NCCC2CCN(CC(F)(F)F)CC2)cc1Cl. The Kier molecular flexibility index (Phi) is 7.40. The van der Waals surface area contributed by atoms with Gasteiger partial charge in [-0.05, 0) is 56.5 Å². The summed E-state index contributed by atoms with van der Waals surface area (Å²) in [4.78, 5) is 5.74. The number of benzene rings is 1. The fourth-order valence-corrected chi connectivity index (χ4v) is 3.24. The Morgan fingerprint density at radius 1 is 1.38 bits per heavy atom. The highest BCUT2D eigenvalue weighted by Gasteiger charge is 2.32. The predicted molar refractivity (Wildman–Crippen MR) is 98.0 cm³/mol. The first-order valence-corrected chi connectivity index (χ1v) is 8.84. The van der Waals surface area contributed by atoms with E-state index in [2.05, 4.69) is 10.3 Å². The van der Waals surface area contributed by atoms with E-state index in [1.807, 2.05) is 0 Å². The lowest BCUT2D eigenvalue weighted by molar-refractivity contribution is -0.148. The van der Waals surface area contributed by atoms with Crippen molar-refractivity contribution in [2.75, 3.05) is 38.6 Å². The summed E-state index contributed by atoms with van der Waals surface area (Å²) in [7, 11) is 1.54. The first-order chi connectivity index (χ1) is 12.3. The molecule has 146 valence electrons. The molecule has 0 unspecified atom stereocenters. The fraction of sp³-hybridized carbons (Fsp3) is 0.588. The number of halogens is 4. The lowest BCUT2D eigenvalue weighted by atomic mass is 9.93. The van der Waals surface area contributed by atoms with Crippen LogP contribution in [0.15, 0.2) is 23.2 Å². The molecule has 1 aromatic carbocycles. The highest BCUT2D eigenvalue weighted by molar-refractivity contribution is 6.32. The topological polar surface area (TPSA) is 62.9 Å². The van der Waals surface area contributed by atoms with Crippen molar-refractivity contribution in [2.45, 2.75) is 25.4 Å². The molecule has 1 aliphatic rings. The van der Waals surface area contributed by atoms with Crippen LogP contribution >= 0.6 is 11.6 Å². The molecule has 1 fully saturated rings. The van der Waals surface area contributed by atoms with Crippen LogP contribution in [0, 0.1) is 5.92 Å². The predicted octanol–water partition coefficient (Wildman–Crippen LogP) is 3.74. The molecule has 1 heterocycles. The Morgan fingerprint density at radius 3 is 2.65 bits per heavy atom. The van der Waals surface area contributed by atoms with Gasteiger partial charge < -0.3 is 15.8 Å². The van der Waals surface area contributed by atoms with Gasteiger partial charge in [0.1, 0.15) is 5.75 Å². The number of anilines is 1. The van der Waals surface area contributed by atoms with Gasteiger partial charge in [-0.2, -0.15) is 13.2 Å². The third kappa shape index (κ3) is 6.92. The number of likely N-dealkylation sites (tertiary alicyclic amines) is 1. The van der Waals surface area contributed by atoms with Crippen LogP contribution in [0.2, 0.25) is 5.02 Å². The van der Waals surface area contributed by atoms with E-state index in [1.165, 1.54) is 12.0 Å². The van der Waals surface area contributed by atoms with Gasteiger partial charge in [-0.3, -0.25) is 9.89 Å². The third-order valence-corrected chi connectivity index (χ3v) is 4.65. The van der Waals surface area contributed by atoms with Crippen LogP contribution in [-0.4, -0.2) is 50.3 Å². The van der Waals surface area contributed by atoms with E-state index in [1.54, 1.807) is 18.2 Å². The zero-order valence-corrected chi connectivity index (χ0v) is 15.4. The monoisotopic (exact) mass is 392 g/mol. The molecular formula is C17H24ClF3N4O. The maximum atomic E-state index is 12.4. The summed E-state index contributed by atoms with van der Waals surface area (Å²) in [6.07, 6.45) is -1.80. The summed E-state index contributed by atoms with van der Waals surface area (Å²) in [5, 5.41) is 3.43. The van der Waals surface area contributed by atoms with E-state index in [0.29, 0.717) is 42.0 Å². The van der Waals surface area contributed by atoms with Gasteiger partial charge in [0.05, 0.1) is 18.7 Å². The molecule has 0 spiro atoms. The summed E-state index contributed by atoms with van der Waals surface area (Å²) < 4.78 is 42.2. The van der Waals surface area contributed by atoms with Crippen LogP contribution in [0.1, 0.15) is 19.3 Å². The minimum atomic E-state index is -4.12. The summed E-state index contributed by atoms with van der Waals surface area (Å²) in [6, 6.07) is 5.20. The average Bonchev–Trinajstić information content (AvgIpc) is 2.55. The van der Waals surface area contributed by atoms with E-state index >= 15 is 0 Å². The van der Waals surface area contributed by atoms with Crippen molar-refractivity contribution >= 4 is 23.2 Å². The zero-order chi connectivity index (χ0) is 19.2. The molecule has 26 heavy (non-hydrogen) atoms. The smallest absolute Gasteiger partial charge is 0.401 e. The van der Waals surface area contributed by atoms with Crippen molar-refractivity contribution in [3.63, 3.8) is 0 Å². The van der Waals surface area contributed by atoms with Crippen molar-refractivity contribution in [3.05, 3.63) is 23.2 Å². The number of nitrogens with two attached hydrogens (primary N) is 1. The van der Waals surface area contributed by atoms with E-state index in [-0.39, 0.29) is 5.96 Å². The van der Waals surface area contributed by atoms with Crippen LogP contribution in [-0.2, 0) is 0 Å². The number of rotatable bonds is 6. The largest absolute Gasteiger partial charge is 0.495 e. The van der Waals surface area contributed by atoms with E-state index in [4.69, 9.17) is 22.1 Å². The molecule has 0 saturated carbocycles. The minimum absolute atomic E-state index is 0.278. The maximum absolute atomic E-state index is 12.4. The first kappa shape index (κ1) is 20.6.